The van der Waals surface area contributed by atoms with Crippen LogP contribution in [0.15, 0.2) is 18.2 Å². The van der Waals surface area contributed by atoms with Gasteiger partial charge in [0, 0.05) is 19.0 Å². The highest BCUT2D eigenvalue weighted by Gasteiger charge is 2.07. The first kappa shape index (κ1) is 19.5. The molecule has 0 aliphatic rings. The Labute approximate surface area is 132 Å². The zero-order valence-corrected chi connectivity index (χ0v) is 13.7. The Morgan fingerprint density at radius 2 is 2.10 bits per heavy atom. The summed E-state index contributed by atoms with van der Waals surface area (Å²) in [6.07, 6.45) is 1.14. The maximum atomic E-state index is 11.6. The smallest absolute Gasteiger partial charge is 0.220 e. The number of halogens is 1. The minimum Gasteiger partial charge on any atom is -0.493 e. The molecule has 0 bridgehead atoms. The van der Waals surface area contributed by atoms with E-state index in [0.717, 1.165) is 5.56 Å². The van der Waals surface area contributed by atoms with Gasteiger partial charge in [-0.1, -0.05) is 6.07 Å². The van der Waals surface area contributed by atoms with Gasteiger partial charge in [-0.25, -0.2) is 0 Å². The van der Waals surface area contributed by atoms with Gasteiger partial charge in [0.1, 0.15) is 0 Å². The molecule has 6 heteroatoms. The van der Waals surface area contributed by atoms with E-state index >= 15 is 0 Å². The van der Waals surface area contributed by atoms with E-state index in [1.165, 1.54) is 0 Å². The monoisotopic (exact) mass is 316 g/mol. The zero-order valence-electron chi connectivity index (χ0n) is 12.8. The van der Waals surface area contributed by atoms with Crippen molar-refractivity contribution in [3.63, 3.8) is 0 Å². The van der Waals surface area contributed by atoms with E-state index in [4.69, 9.17) is 15.2 Å². The fourth-order valence-corrected chi connectivity index (χ4v) is 1.75. The van der Waals surface area contributed by atoms with Crippen molar-refractivity contribution >= 4 is 18.3 Å². The molecule has 3 N–H and O–H groups in total. The van der Waals surface area contributed by atoms with Crippen LogP contribution in [0, 0.1) is 0 Å². The normalized spacial score (nSPS) is 11.2. The molecule has 0 saturated heterocycles. The molecule has 0 spiro atoms. The molecule has 0 fully saturated rings. The van der Waals surface area contributed by atoms with Crippen LogP contribution in [0.1, 0.15) is 32.3 Å². The first-order valence-corrected chi connectivity index (χ1v) is 6.88. The van der Waals surface area contributed by atoms with Crippen LogP contribution < -0.4 is 20.5 Å². The lowest BCUT2D eigenvalue weighted by Gasteiger charge is -2.12. The quantitative estimate of drug-likeness (QED) is 0.771. The summed E-state index contributed by atoms with van der Waals surface area (Å²) in [6, 6.07) is 5.68. The average Bonchev–Trinajstić information content (AvgIpc) is 2.43. The Balaban J connectivity index is 0.00000400. The van der Waals surface area contributed by atoms with Gasteiger partial charge in [-0.05, 0) is 38.0 Å². The van der Waals surface area contributed by atoms with Crippen LogP contribution in [-0.4, -0.2) is 25.7 Å². The largest absolute Gasteiger partial charge is 0.493 e. The third-order valence-corrected chi connectivity index (χ3v) is 2.84. The highest BCUT2D eigenvalue weighted by atomic mass is 35.5. The fraction of sp³-hybridized carbons (Fsp3) is 0.533. The van der Waals surface area contributed by atoms with Crippen molar-refractivity contribution in [1.29, 1.82) is 0 Å². The van der Waals surface area contributed by atoms with Crippen LogP contribution in [0.2, 0.25) is 0 Å². The van der Waals surface area contributed by atoms with Gasteiger partial charge in [0.2, 0.25) is 5.91 Å². The Hall–Kier alpha value is -1.46. The number of rotatable bonds is 8. The number of methoxy groups -OCH3 is 1. The molecule has 0 aromatic heterocycles. The van der Waals surface area contributed by atoms with Gasteiger partial charge in [0.15, 0.2) is 11.5 Å². The minimum absolute atomic E-state index is 0. The molecule has 1 amide bonds. The fourth-order valence-electron chi connectivity index (χ4n) is 1.75. The molecule has 1 unspecified atom stereocenters. The third kappa shape index (κ3) is 7.20. The lowest BCUT2D eigenvalue weighted by atomic mass is 10.1. The van der Waals surface area contributed by atoms with Crippen molar-refractivity contribution in [2.75, 3.05) is 13.7 Å². The van der Waals surface area contributed by atoms with Gasteiger partial charge in [0.25, 0.3) is 0 Å². The summed E-state index contributed by atoms with van der Waals surface area (Å²) in [5.41, 5.74) is 6.60. The zero-order chi connectivity index (χ0) is 15.0. The minimum atomic E-state index is 0. The van der Waals surface area contributed by atoms with E-state index in [-0.39, 0.29) is 24.4 Å². The summed E-state index contributed by atoms with van der Waals surface area (Å²) in [7, 11) is 1.60. The molecule has 21 heavy (non-hydrogen) atoms. The maximum Gasteiger partial charge on any atom is 0.220 e. The van der Waals surface area contributed by atoms with Crippen LogP contribution in [-0.2, 0) is 11.3 Å². The van der Waals surface area contributed by atoms with E-state index < -0.39 is 0 Å². The molecule has 1 rings (SSSR count). The van der Waals surface area contributed by atoms with Gasteiger partial charge >= 0.3 is 0 Å². The summed E-state index contributed by atoms with van der Waals surface area (Å²) in [5, 5.41) is 2.87. The van der Waals surface area contributed by atoms with Crippen LogP contribution in [0.5, 0.6) is 11.5 Å². The topological polar surface area (TPSA) is 73.6 Å². The number of hydrogen-bond acceptors (Lipinski definition) is 4. The average molecular weight is 317 g/mol. The molecule has 120 valence electrons. The number of carbonyl (C=O) groups is 1. The lowest BCUT2D eigenvalue weighted by Crippen LogP contribution is -2.25. The summed E-state index contributed by atoms with van der Waals surface area (Å²) in [6.45, 7) is 4.86. The van der Waals surface area contributed by atoms with Gasteiger partial charge in [0.05, 0.1) is 13.7 Å². The molecule has 0 saturated carbocycles. The van der Waals surface area contributed by atoms with Gasteiger partial charge in [-0.15, -0.1) is 12.4 Å². The van der Waals surface area contributed by atoms with E-state index in [2.05, 4.69) is 5.32 Å². The Morgan fingerprint density at radius 3 is 2.67 bits per heavy atom. The lowest BCUT2D eigenvalue weighted by molar-refractivity contribution is -0.121. The molecule has 0 aliphatic carbocycles. The summed E-state index contributed by atoms with van der Waals surface area (Å²) >= 11 is 0. The number of nitrogens with one attached hydrogen (secondary N) is 1. The highest BCUT2D eigenvalue weighted by molar-refractivity contribution is 5.85. The molecular weight excluding hydrogens is 292 g/mol. The van der Waals surface area contributed by atoms with Crippen LogP contribution in [0.4, 0.5) is 0 Å². The van der Waals surface area contributed by atoms with Crippen molar-refractivity contribution < 1.29 is 14.3 Å². The molecule has 0 aliphatic heterocycles. The number of benzene rings is 1. The third-order valence-electron chi connectivity index (χ3n) is 2.84. The van der Waals surface area contributed by atoms with E-state index in [0.29, 0.717) is 37.5 Å². The van der Waals surface area contributed by atoms with Crippen molar-refractivity contribution in [2.24, 2.45) is 5.73 Å². The maximum absolute atomic E-state index is 11.6. The standard InChI is InChI=1S/C15H24N2O3.ClH/c1-4-20-14-9-12(6-7-13(14)19-3)10-17-15(18)8-5-11(2)16;/h6-7,9,11H,4-5,8,10,16H2,1-3H3,(H,17,18);1H. The predicted molar refractivity (Wildman–Crippen MR) is 86.1 cm³/mol. The number of amides is 1. The second kappa shape index (κ2) is 10.3. The number of carbonyl (C=O) groups excluding carboxylic acids is 1. The van der Waals surface area contributed by atoms with Gasteiger partial charge in [-0.3, -0.25) is 4.79 Å². The van der Waals surface area contributed by atoms with Crippen molar-refractivity contribution in [1.82, 2.24) is 5.32 Å². The van der Waals surface area contributed by atoms with Crippen molar-refractivity contribution in [3.8, 4) is 11.5 Å². The SMILES string of the molecule is CCOc1cc(CNC(=O)CCC(C)N)ccc1OC.Cl. The van der Waals surface area contributed by atoms with Crippen LogP contribution in [0.3, 0.4) is 0 Å². The van der Waals surface area contributed by atoms with Crippen LogP contribution in [0.25, 0.3) is 0 Å². The first-order valence-electron chi connectivity index (χ1n) is 6.88. The van der Waals surface area contributed by atoms with Crippen molar-refractivity contribution in [2.45, 2.75) is 39.3 Å². The molecule has 1 aromatic carbocycles. The van der Waals surface area contributed by atoms with E-state index in [1.54, 1.807) is 7.11 Å². The molecule has 5 nitrogen and oxygen atoms in total. The van der Waals surface area contributed by atoms with E-state index in [9.17, 15) is 4.79 Å². The van der Waals surface area contributed by atoms with Crippen LogP contribution >= 0.6 is 12.4 Å². The Kier molecular flexibility index (Phi) is 9.58. The summed E-state index contributed by atoms with van der Waals surface area (Å²) < 4.78 is 10.7. The number of nitrogens with two attached hydrogens (primary N) is 1. The molecule has 0 heterocycles. The molecule has 0 radical (unpaired) electrons. The van der Waals surface area contributed by atoms with Gasteiger partial charge < -0.3 is 20.5 Å². The predicted octanol–water partition coefficient (Wildman–Crippen LogP) is 2.26. The number of hydrogen-bond donors (Lipinski definition) is 2. The van der Waals surface area contributed by atoms with Gasteiger partial charge in [-0.2, -0.15) is 0 Å². The summed E-state index contributed by atoms with van der Waals surface area (Å²) in [4.78, 5) is 11.6. The Bertz CT molecular complexity index is 439. The highest BCUT2D eigenvalue weighted by Crippen LogP contribution is 2.27. The number of ether oxygens (including phenoxy) is 2. The first-order chi connectivity index (χ1) is 9.56. The Morgan fingerprint density at radius 1 is 1.38 bits per heavy atom. The summed E-state index contributed by atoms with van der Waals surface area (Å²) in [5.74, 6) is 1.40. The molecular formula is C15H25ClN2O3. The molecule has 1 aromatic rings. The van der Waals surface area contributed by atoms with Crippen molar-refractivity contribution in [3.05, 3.63) is 23.8 Å². The second-order valence-electron chi connectivity index (χ2n) is 4.71. The second-order valence-corrected chi connectivity index (χ2v) is 4.71. The molecule has 1 atom stereocenters. The van der Waals surface area contributed by atoms with E-state index in [1.807, 2.05) is 32.0 Å².